The Morgan fingerprint density at radius 2 is 1.02 bits per heavy atom. The molecule has 558 valence electrons. The van der Waals surface area contributed by atoms with Gasteiger partial charge in [0.1, 0.15) is 79.3 Å². The number of carboxylic acids is 1. The molecule has 0 aromatic carbocycles. The van der Waals surface area contributed by atoms with E-state index < -0.39 is 198 Å². The Labute approximate surface area is 565 Å². The lowest BCUT2D eigenvalue weighted by Gasteiger charge is -2.52. The molecule has 0 spiro atoms. The van der Waals surface area contributed by atoms with E-state index in [0.717, 1.165) is 78.1 Å². The van der Waals surface area contributed by atoms with Crippen LogP contribution in [0, 0.1) is 5.92 Å². The predicted octanol–water partition coefficient (Wildman–Crippen LogP) is 1.11. The fourth-order valence-electron chi connectivity index (χ4n) is 12.7. The number of carbonyl (C=O) groups is 4. The van der Waals surface area contributed by atoms with Crippen LogP contribution < -0.4 is 16.0 Å². The average molecular weight is 1380 g/mol. The number of carbonyl (C=O) groups excluding carboxylic acids is 3. The number of ether oxygens (including phenoxy) is 8. The molecule has 0 aromatic rings. The second kappa shape index (κ2) is 46.1. The van der Waals surface area contributed by atoms with Crippen molar-refractivity contribution in [2.24, 2.45) is 5.92 Å². The molecular formula is C67H119N3O26. The lowest BCUT2D eigenvalue weighted by Crippen LogP contribution is -2.71. The number of aliphatic carboxylic acids is 1. The molecule has 4 heterocycles. The fraction of sp³-hybridized carbons (Fsp3) is 0.881. The molecule has 0 aromatic heterocycles. The van der Waals surface area contributed by atoms with E-state index in [4.69, 9.17) is 37.9 Å². The lowest BCUT2D eigenvalue weighted by molar-refractivity contribution is -0.406. The molecule has 1 unspecified atom stereocenters. The Balaban J connectivity index is 1.55. The maximum atomic E-state index is 13.6. The van der Waals surface area contributed by atoms with Gasteiger partial charge in [-0.3, -0.25) is 14.4 Å². The Morgan fingerprint density at radius 3 is 1.54 bits per heavy atom. The lowest BCUT2D eigenvalue weighted by atomic mass is 9.81. The third-order valence-electron chi connectivity index (χ3n) is 18.2. The maximum absolute atomic E-state index is 13.6. The van der Waals surface area contributed by atoms with Crippen LogP contribution >= 0.6 is 0 Å². The van der Waals surface area contributed by atoms with Gasteiger partial charge in [-0.05, 0) is 44.9 Å². The van der Waals surface area contributed by atoms with Crippen LogP contribution in [0.5, 0.6) is 0 Å². The molecule has 23 atom stereocenters. The number of nitrogens with one attached hydrogen (secondary N) is 3. The fourth-order valence-corrected chi connectivity index (χ4v) is 12.7. The first-order valence-corrected chi connectivity index (χ1v) is 35.2. The minimum Gasteiger partial charge on any atom is -0.477 e. The van der Waals surface area contributed by atoms with Gasteiger partial charge in [0, 0.05) is 32.6 Å². The molecule has 4 aliphatic rings. The van der Waals surface area contributed by atoms with Crippen LogP contribution in [0.4, 0.5) is 0 Å². The van der Waals surface area contributed by atoms with Gasteiger partial charge in [-0.2, -0.15) is 0 Å². The van der Waals surface area contributed by atoms with Crippen LogP contribution in [0.3, 0.4) is 0 Å². The van der Waals surface area contributed by atoms with Crippen LogP contribution in [-0.2, 0) is 57.1 Å². The molecule has 4 aliphatic heterocycles. The molecule has 4 saturated heterocycles. The molecular weight excluding hydrogens is 1260 g/mol. The molecule has 4 rings (SSSR count). The van der Waals surface area contributed by atoms with Crippen molar-refractivity contribution in [1.82, 2.24) is 16.0 Å². The number of carboxylic acid groups (broad SMARTS) is 1. The van der Waals surface area contributed by atoms with Crippen molar-refractivity contribution in [3.63, 3.8) is 0 Å². The quantitative estimate of drug-likeness (QED) is 0.0300. The monoisotopic (exact) mass is 1380 g/mol. The van der Waals surface area contributed by atoms with E-state index in [1.54, 1.807) is 6.08 Å². The first kappa shape index (κ1) is 84.9. The average Bonchev–Trinajstić information content (AvgIpc) is 0.752. The Kier molecular flexibility index (Phi) is 40.8. The van der Waals surface area contributed by atoms with E-state index in [9.17, 15) is 90.7 Å². The highest BCUT2D eigenvalue weighted by atomic mass is 16.8. The standard InChI is InChI=1S/C67H119N3O26/c1-5-7-9-11-13-15-17-19-20-22-24-26-28-30-32-34-50(79)70-44(45(77)33-31-29-27-25-23-21-18-16-14-12-10-8-6-2)40-89-64-57(84)56(83)59(48(38-73)91-64)93-65-58(85)61(60(49(39-74)92-65)94-63-52(69-42(4)76)55(82)54(81)47(37-72)90-63)95-67(66(87)88)35-43(53(80)46(78)36-71)51(62(86)96-67)68-41(3)75/h19-20,31,33,43-49,51-65,71-74,77-78,80-86H,5-18,21-30,32,34-40H2,1-4H3,(H,68,75)(H,69,76)(H,70,79)(H,87,88)/b20-19-,33-31+/t43?,44-,45+,46+,47+,48+,49+,51-,52+,53-,54-,55+,56+,57+,58+,59+,60-,61+,62-,63-,64+,65-,67-/m0/s1. The third kappa shape index (κ3) is 27.5. The summed E-state index contributed by atoms with van der Waals surface area (Å²) in [6, 6.07) is -4.53. The third-order valence-corrected chi connectivity index (χ3v) is 18.2. The number of rotatable bonds is 48. The first-order valence-electron chi connectivity index (χ1n) is 35.2. The van der Waals surface area contributed by atoms with Crippen LogP contribution in [0.25, 0.3) is 0 Å². The van der Waals surface area contributed by atoms with Gasteiger partial charge in [-0.15, -0.1) is 0 Å². The van der Waals surface area contributed by atoms with E-state index in [1.807, 2.05) is 6.08 Å². The van der Waals surface area contributed by atoms with Gasteiger partial charge < -0.3 is 125 Å². The summed E-state index contributed by atoms with van der Waals surface area (Å²) in [5, 5.41) is 163. The summed E-state index contributed by atoms with van der Waals surface area (Å²) in [6.45, 7) is 1.74. The summed E-state index contributed by atoms with van der Waals surface area (Å²) in [5.74, 6) is -9.14. The largest absolute Gasteiger partial charge is 0.477 e. The molecule has 4 fully saturated rings. The second-order valence-corrected chi connectivity index (χ2v) is 26.1. The van der Waals surface area contributed by atoms with Gasteiger partial charge in [0.25, 0.3) is 5.79 Å². The van der Waals surface area contributed by atoms with E-state index in [1.165, 1.54) is 83.5 Å². The molecule has 29 heteroatoms. The first-order chi connectivity index (χ1) is 46.0. The van der Waals surface area contributed by atoms with Gasteiger partial charge in [0.2, 0.25) is 17.7 Å². The molecule has 96 heavy (non-hydrogen) atoms. The van der Waals surface area contributed by atoms with Crippen molar-refractivity contribution in [1.29, 1.82) is 0 Å². The smallest absolute Gasteiger partial charge is 0.364 e. The predicted molar refractivity (Wildman–Crippen MR) is 345 cm³/mol. The Hall–Kier alpha value is -3.48. The van der Waals surface area contributed by atoms with Gasteiger partial charge in [-0.25, -0.2) is 4.79 Å². The topological polar surface area (TPSA) is 461 Å². The zero-order valence-electron chi connectivity index (χ0n) is 56.8. The molecule has 0 bridgehead atoms. The Bertz CT molecular complexity index is 2220. The van der Waals surface area contributed by atoms with Gasteiger partial charge in [0.05, 0.1) is 57.3 Å². The van der Waals surface area contributed by atoms with Gasteiger partial charge >= 0.3 is 5.97 Å². The molecule has 29 nitrogen and oxygen atoms in total. The number of amides is 3. The zero-order valence-corrected chi connectivity index (χ0v) is 56.8. The highest BCUT2D eigenvalue weighted by Gasteiger charge is 2.61. The number of unbranched alkanes of at least 4 members (excludes halogenated alkanes) is 22. The Morgan fingerprint density at radius 1 is 0.542 bits per heavy atom. The van der Waals surface area contributed by atoms with Crippen molar-refractivity contribution in [3.8, 4) is 0 Å². The number of aliphatic hydroxyl groups excluding tert-OH is 13. The van der Waals surface area contributed by atoms with Crippen molar-refractivity contribution in [2.45, 2.75) is 336 Å². The number of allylic oxidation sites excluding steroid dienone is 3. The summed E-state index contributed by atoms with van der Waals surface area (Å²) < 4.78 is 47.6. The molecule has 0 saturated carbocycles. The minimum absolute atomic E-state index is 0.148. The van der Waals surface area contributed by atoms with E-state index in [-0.39, 0.29) is 12.3 Å². The SMILES string of the molecule is CCCCCCCC/C=C\CCCCCCCC(=O)N[C@@H](CO[C@@H]1O[C@H](CO)[C@@H](O[C@@H]2O[C@H](CO)[C@H](O[C@@H]3O[C@H](CO)[C@H](O)[C@H](O)[C@H]3NC(C)=O)[C@H](O[C@@]3(C(=O)O)CC([C@H](O)[C@H](O)CO)[C@H](NC(C)=O)[C@@H](O)O3)[C@H]2O)[C@H](O)[C@H]1O)[C@H](O)/C=C/CCCCCCCCCCCCC. The molecule has 0 aliphatic carbocycles. The maximum Gasteiger partial charge on any atom is 0.364 e. The van der Waals surface area contributed by atoms with Crippen molar-refractivity contribution < 1.29 is 129 Å². The van der Waals surface area contributed by atoms with Crippen molar-refractivity contribution >= 4 is 23.7 Å². The van der Waals surface area contributed by atoms with Crippen molar-refractivity contribution in [3.05, 3.63) is 24.3 Å². The van der Waals surface area contributed by atoms with E-state index >= 15 is 0 Å². The minimum atomic E-state index is -3.28. The van der Waals surface area contributed by atoms with Gasteiger partial charge in [0.15, 0.2) is 25.2 Å². The van der Waals surface area contributed by atoms with E-state index in [0.29, 0.717) is 12.8 Å². The summed E-state index contributed by atoms with van der Waals surface area (Å²) in [6.07, 6.45) is -1.51. The van der Waals surface area contributed by atoms with Crippen molar-refractivity contribution in [2.75, 3.05) is 33.0 Å². The van der Waals surface area contributed by atoms with Crippen LogP contribution in [-0.4, -0.2) is 263 Å². The normalized spacial score (nSPS) is 32.4. The molecule has 0 radical (unpaired) electrons. The van der Waals surface area contributed by atoms with Crippen LogP contribution in [0.1, 0.15) is 201 Å². The zero-order chi connectivity index (χ0) is 70.7. The van der Waals surface area contributed by atoms with Crippen LogP contribution in [0.15, 0.2) is 24.3 Å². The summed E-state index contributed by atoms with van der Waals surface area (Å²) >= 11 is 0. The molecule has 17 N–H and O–H groups in total. The summed E-state index contributed by atoms with van der Waals surface area (Å²) in [5.41, 5.74) is 0. The van der Waals surface area contributed by atoms with Crippen LogP contribution in [0.2, 0.25) is 0 Å². The number of hydrogen-bond donors (Lipinski definition) is 17. The number of aliphatic hydroxyl groups is 13. The highest BCUT2D eigenvalue weighted by Crippen LogP contribution is 2.42. The summed E-state index contributed by atoms with van der Waals surface area (Å²) in [4.78, 5) is 51.9. The summed E-state index contributed by atoms with van der Waals surface area (Å²) in [7, 11) is 0. The van der Waals surface area contributed by atoms with E-state index in [2.05, 4.69) is 41.9 Å². The van der Waals surface area contributed by atoms with Gasteiger partial charge in [-0.1, -0.05) is 154 Å². The second-order valence-electron chi connectivity index (χ2n) is 26.1. The highest BCUT2D eigenvalue weighted by molar-refractivity contribution is 5.77. The number of hydrogen-bond acceptors (Lipinski definition) is 25. The molecule has 3 amide bonds.